The number of carbonyl (C=O) groups is 1. The fourth-order valence-electron chi connectivity index (χ4n) is 2.48. The van der Waals surface area contributed by atoms with Crippen molar-refractivity contribution in [2.75, 3.05) is 0 Å². The van der Waals surface area contributed by atoms with Gasteiger partial charge in [0.25, 0.3) is 5.91 Å². The van der Waals surface area contributed by atoms with Crippen molar-refractivity contribution in [1.82, 2.24) is 10.3 Å². The zero-order valence-electron chi connectivity index (χ0n) is 12.5. The molecule has 5 heteroatoms. The lowest BCUT2D eigenvalue weighted by atomic mass is 10.0. The number of nitrogens with one attached hydrogen (secondary N) is 1. The largest absolute Gasteiger partial charge is 0.507 e. The molecule has 0 saturated heterocycles. The average Bonchev–Trinajstić information content (AvgIpc) is 2.55. The van der Waals surface area contributed by atoms with Crippen LogP contribution in [-0.4, -0.2) is 16.0 Å². The highest BCUT2D eigenvalue weighted by Gasteiger charge is 2.18. The number of rotatable bonds is 3. The Hall–Kier alpha value is -2.95. The van der Waals surface area contributed by atoms with Crippen molar-refractivity contribution in [3.05, 3.63) is 71.8 Å². The lowest BCUT2D eigenvalue weighted by Crippen LogP contribution is -2.27. The van der Waals surface area contributed by atoms with E-state index in [1.165, 1.54) is 18.2 Å². The van der Waals surface area contributed by atoms with Crippen LogP contribution in [0.1, 0.15) is 29.0 Å². The van der Waals surface area contributed by atoms with Gasteiger partial charge in [-0.25, -0.2) is 4.39 Å². The Morgan fingerprint density at radius 1 is 1.17 bits per heavy atom. The number of phenols is 1. The molecule has 0 aliphatic carbocycles. The Bertz CT molecular complexity index is 863. The van der Waals surface area contributed by atoms with Crippen molar-refractivity contribution < 1.29 is 14.3 Å². The summed E-state index contributed by atoms with van der Waals surface area (Å²) in [5, 5.41) is 14.4. The number of aromatic nitrogens is 1. The predicted octanol–water partition coefficient (Wildman–Crippen LogP) is 3.57. The summed E-state index contributed by atoms with van der Waals surface area (Å²) in [5.74, 6) is -0.919. The Kier molecular flexibility index (Phi) is 3.93. The monoisotopic (exact) mass is 310 g/mol. The van der Waals surface area contributed by atoms with Gasteiger partial charge in [-0.15, -0.1) is 0 Å². The number of aromatic hydroxyl groups is 1. The molecule has 0 fully saturated rings. The molecular formula is C18H15FN2O2. The van der Waals surface area contributed by atoms with E-state index in [1.807, 2.05) is 18.2 Å². The zero-order valence-corrected chi connectivity index (χ0v) is 12.5. The molecule has 2 N–H and O–H groups in total. The zero-order chi connectivity index (χ0) is 16.4. The van der Waals surface area contributed by atoms with E-state index in [1.54, 1.807) is 19.1 Å². The van der Waals surface area contributed by atoms with Gasteiger partial charge in [0.05, 0.1) is 23.5 Å². The first-order valence-corrected chi connectivity index (χ1v) is 7.19. The Morgan fingerprint density at radius 2 is 1.96 bits per heavy atom. The fourth-order valence-corrected chi connectivity index (χ4v) is 2.48. The summed E-state index contributed by atoms with van der Waals surface area (Å²) in [7, 11) is 0. The van der Waals surface area contributed by atoms with Crippen molar-refractivity contribution >= 4 is 16.7 Å². The van der Waals surface area contributed by atoms with E-state index in [9.17, 15) is 14.3 Å². The summed E-state index contributed by atoms with van der Waals surface area (Å²) in [4.78, 5) is 16.5. The van der Waals surface area contributed by atoms with Gasteiger partial charge in [-0.05, 0) is 35.9 Å². The molecule has 1 unspecified atom stereocenters. The van der Waals surface area contributed by atoms with Gasteiger partial charge < -0.3 is 10.4 Å². The van der Waals surface area contributed by atoms with Crippen LogP contribution in [0, 0.1) is 5.82 Å². The van der Waals surface area contributed by atoms with Gasteiger partial charge in [0.15, 0.2) is 0 Å². The van der Waals surface area contributed by atoms with Crippen LogP contribution in [0.4, 0.5) is 4.39 Å². The summed E-state index contributed by atoms with van der Waals surface area (Å²) in [6.07, 6.45) is 1.10. The van der Waals surface area contributed by atoms with Crippen molar-refractivity contribution in [2.24, 2.45) is 0 Å². The molecule has 4 nitrogen and oxygen atoms in total. The first kappa shape index (κ1) is 15.0. The number of fused-ring (bicyclic) bond motifs is 1. The average molecular weight is 310 g/mol. The van der Waals surface area contributed by atoms with Crippen LogP contribution in [0.15, 0.2) is 54.7 Å². The molecule has 1 aromatic heterocycles. The van der Waals surface area contributed by atoms with Gasteiger partial charge in [-0.1, -0.05) is 30.3 Å². The molecule has 1 amide bonds. The molecule has 116 valence electrons. The third-order valence-corrected chi connectivity index (χ3v) is 3.68. The van der Waals surface area contributed by atoms with Gasteiger partial charge in [-0.3, -0.25) is 9.78 Å². The highest BCUT2D eigenvalue weighted by molar-refractivity contribution is 6.09. The summed E-state index contributed by atoms with van der Waals surface area (Å²) < 4.78 is 12.9. The van der Waals surface area contributed by atoms with E-state index >= 15 is 0 Å². The van der Waals surface area contributed by atoms with Crippen LogP contribution in [-0.2, 0) is 0 Å². The second-order valence-corrected chi connectivity index (χ2v) is 5.28. The Morgan fingerprint density at radius 3 is 2.70 bits per heavy atom. The molecule has 3 aromatic rings. The minimum Gasteiger partial charge on any atom is -0.507 e. The van der Waals surface area contributed by atoms with Crippen molar-refractivity contribution in [3.63, 3.8) is 0 Å². The standard InChI is InChI=1S/C18H15FN2O2/c1-11(15-8-7-13(19)10-20-15)21-18(23)17-14-5-3-2-4-12(14)6-9-16(17)22/h2-11,22H,1H3,(H,21,23). The number of hydrogen-bond acceptors (Lipinski definition) is 3. The molecular weight excluding hydrogens is 295 g/mol. The summed E-state index contributed by atoms with van der Waals surface area (Å²) >= 11 is 0. The molecule has 0 spiro atoms. The molecule has 0 radical (unpaired) electrons. The second kappa shape index (κ2) is 6.04. The molecule has 23 heavy (non-hydrogen) atoms. The third-order valence-electron chi connectivity index (χ3n) is 3.68. The molecule has 2 aromatic carbocycles. The number of halogens is 1. The van der Waals surface area contributed by atoms with Crippen LogP contribution in [0.3, 0.4) is 0 Å². The molecule has 1 atom stereocenters. The summed E-state index contributed by atoms with van der Waals surface area (Å²) in [5.41, 5.74) is 0.761. The van der Waals surface area contributed by atoms with Crippen LogP contribution >= 0.6 is 0 Å². The van der Waals surface area contributed by atoms with E-state index in [2.05, 4.69) is 10.3 Å². The van der Waals surface area contributed by atoms with Crippen LogP contribution < -0.4 is 5.32 Å². The molecule has 3 rings (SSSR count). The van der Waals surface area contributed by atoms with E-state index in [-0.39, 0.29) is 11.3 Å². The van der Waals surface area contributed by atoms with Crippen LogP contribution in [0.5, 0.6) is 5.75 Å². The minimum absolute atomic E-state index is 0.0829. The molecule has 0 aliphatic heterocycles. The van der Waals surface area contributed by atoms with Crippen LogP contribution in [0.2, 0.25) is 0 Å². The normalized spacial score (nSPS) is 12.1. The van der Waals surface area contributed by atoms with Gasteiger partial charge in [0, 0.05) is 0 Å². The number of carbonyl (C=O) groups excluding carboxylic acids is 1. The smallest absolute Gasteiger partial charge is 0.256 e. The van der Waals surface area contributed by atoms with E-state index in [4.69, 9.17) is 0 Å². The van der Waals surface area contributed by atoms with Crippen molar-refractivity contribution in [1.29, 1.82) is 0 Å². The van der Waals surface area contributed by atoms with E-state index in [0.717, 1.165) is 11.6 Å². The topological polar surface area (TPSA) is 62.2 Å². The lowest BCUT2D eigenvalue weighted by Gasteiger charge is -2.15. The number of hydrogen-bond donors (Lipinski definition) is 2. The van der Waals surface area contributed by atoms with Gasteiger partial charge in [0.1, 0.15) is 11.6 Å². The SMILES string of the molecule is CC(NC(=O)c1c(O)ccc2ccccc12)c1ccc(F)cn1. The third kappa shape index (κ3) is 2.99. The Labute approximate surface area is 132 Å². The van der Waals surface area contributed by atoms with E-state index < -0.39 is 17.8 Å². The first-order chi connectivity index (χ1) is 11.1. The predicted molar refractivity (Wildman–Crippen MR) is 85.7 cm³/mol. The highest BCUT2D eigenvalue weighted by atomic mass is 19.1. The van der Waals surface area contributed by atoms with Gasteiger partial charge >= 0.3 is 0 Å². The number of benzene rings is 2. The first-order valence-electron chi connectivity index (χ1n) is 7.19. The van der Waals surface area contributed by atoms with E-state index in [0.29, 0.717) is 11.1 Å². The lowest BCUT2D eigenvalue weighted by molar-refractivity contribution is 0.0938. The summed E-state index contributed by atoms with van der Waals surface area (Å²) in [6, 6.07) is 13.0. The Balaban J connectivity index is 1.91. The fraction of sp³-hybridized carbons (Fsp3) is 0.111. The molecule has 0 bridgehead atoms. The second-order valence-electron chi connectivity index (χ2n) is 5.28. The number of amides is 1. The highest BCUT2D eigenvalue weighted by Crippen LogP contribution is 2.27. The maximum absolute atomic E-state index is 12.9. The van der Waals surface area contributed by atoms with Crippen LogP contribution in [0.25, 0.3) is 10.8 Å². The van der Waals surface area contributed by atoms with Crippen molar-refractivity contribution in [3.8, 4) is 5.75 Å². The molecule has 1 heterocycles. The van der Waals surface area contributed by atoms with Gasteiger partial charge in [-0.2, -0.15) is 0 Å². The maximum atomic E-state index is 12.9. The number of phenolic OH excluding ortho intramolecular Hbond substituents is 1. The maximum Gasteiger partial charge on any atom is 0.256 e. The van der Waals surface area contributed by atoms with Gasteiger partial charge in [0.2, 0.25) is 0 Å². The molecule has 0 aliphatic rings. The van der Waals surface area contributed by atoms with Crippen molar-refractivity contribution in [2.45, 2.75) is 13.0 Å². The number of pyridine rings is 1. The molecule has 0 saturated carbocycles. The quantitative estimate of drug-likeness (QED) is 0.777. The summed E-state index contributed by atoms with van der Waals surface area (Å²) in [6.45, 7) is 1.75. The minimum atomic E-state index is -0.432. The number of nitrogens with zero attached hydrogens (tertiary/aromatic N) is 1.